The number of rotatable bonds is 4. The lowest BCUT2D eigenvalue weighted by molar-refractivity contribution is -0.109. The van der Waals surface area contributed by atoms with Gasteiger partial charge >= 0.3 is 0 Å². The van der Waals surface area contributed by atoms with Crippen LogP contribution in [0.25, 0.3) is 0 Å². The summed E-state index contributed by atoms with van der Waals surface area (Å²) < 4.78 is 0. The zero-order valence-corrected chi connectivity index (χ0v) is 5.34. The van der Waals surface area contributed by atoms with Crippen molar-refractivity contribution in [3.05, 3.63) is 0 Å². The third-order valence-electron chi connectivity index (χ3n) is 0.609. The molecule has 0 heterocycles. The first kappa shape index (κ1) is 6.90. The van der Waals surface area contributed by atoms with Gasteiger partial charge in [-0.2, -0.15) is 0 Å². The molecule has 0 fully saturated rings. The molecule has 0 rings (SSSR count). The number of amides is 1. The fourth-order valence-corrected chi connectivity index (χ4v) is 0.467. The van der Waals surface area contributed by atoms with Crippen molar-refractivity contribution >= 4 is 15.6 Å². The van der Waals surface area contributed by atoms with Crippen LogP contribution in [0.1, 0.15) is 6.42 Å². The van der Waals surface area contributed by atoms with Crippen LogP contribution in [-0.4, -0.2) is 19.1 Å². The highest BCUT2D eigenvalue weighted by Gasteiger charge is 1.76. The molecule has 0 aliphatic heterocycles. The summed E-state index contributed by atoms with van der Waals surface area (Å²) in [6, 6.07) is 0. The smallest absolute Gasteiger partial charge is 0.207 e. The molecule has 2 nitrogen and oxygen atoms in total. The van der Waals surface area contributed by atoms with Gasteiger partial charge in [-0.1, -0.05) is 0 Å². The Hall–Kier alpha value is -0.100. The van der Waals surface area contributed by atoms with Crippen LogP contribution in [0.4, 0.5) is 0 Å². The average molecular weight is 119 g/mol. The fraction of sp³-hybridized carbons (Fsp3) is 0.750. The highest BCUT2D eigenvalue weighted by molar-refractivity contribution is 7.16. The predicted octanol–water partition coefficient (Wildman–Crippen LogP) is -0.00240. The van der Waals surface area contributed by atoms with Crippen molar-refractivity contribution in [1.82, 2.24) is 5.32 Å². The van der Waals surface area contributed by atoms with Gasteiger partial charge in [0.05, 0.1) is 0 Å². The van der Waals surface area contributed by atoms with Crippen molar-refractivity contribution in [3.63, 3.8) is 0 Å². The molecule has 42 valence electrons. The summed E-state index contributed by atoms with van der Waals surface area (Å²) >= 11 is 0. The van der Waals surface area contributed by atoms with E-state index in [1.54, 1.807) is 0 Å². The van der Waals surface area contributed by atoms with Gasteiger partial charge in [-0.15, -0.1) is 9.24 Å². The number of carbonyl (C=O) groups is 1. The molecule has 3 heteroatoms. The summed E-state index contributed by atoms with van der Waals surface area (Å²) in [5.74, 6) is 0. The zero-order valence-electron chi connectivity index (χ0n) is 4.18. The van der Waals surface area contributed by atoms with Crippen LogP contribution in [0, 0.1) is 0 Å². The minimum absolute atomic E-state index is 0.723. The molecule has 0 aromatic rings. The van der Waals surface area contributed by atoms with E-state index in [4.69, 9.17) is 0 Å². The fourth-order valence-electron chi connectivity index (χ4n) is 0.263. The lowest BCUT2D eigenvalue weighted by Gasteiger charge is -1.90. The van der Waals surface area contributed by atoms with E-state index in [1.165, 1.54) is 0 Å². The second-order valence-corrected chi connectivity index (χ2v) is 1.79. The van der Waals surface area contributed by atoms with Gasteiger partial charge < -0.3 is 5.32 Å². The van der Waals surface area contributed by atoms with E-state index >= 15 is 0 Å². The van der Waals surface area contributed by atoms with E-state index in [2.05, 4.69) is 14.6 Å². The van der Waals surface area contributed by atoms with Crippen LogP contribution < -0.4 is 5.32 Å². The maximum Gasteiger partial charge on any atom is 0.207 e. The van der Waals surface area contributed by atoms with Crippen LogP contribution >= 0.6 is 9.24 Å². The Balaban J connectivity index is 2.56. The number of nitrogens with one attached hydrogen (secondary N) is 1. The molecule has 0 aromatic carbocycles. The van der Waals surface area contributed by atoms with Crippen molar-refractivity contribution < 1.29 is 4.79 Å². The van der Waals surface area contributed by atoms with Gasteiger partial charge in [-0.3, -0.25) is 4.79 Å². The topological polar surface area (TPSA) is 29.1 Å². The number of carbonyl (C=O) groups excluding carboxylic acids is 1. The highest BCUT2D eigenvalue weighted by Crippen LogP contribution is 1.82. The second-order valence-electron chi connectivity index (χ2n) is 1.21. The predicted molar refractivity (Wildman–Crippen MR) is 33.3 cm³/mol. The Labute approximate surface area is 45.9 Å². The van der Waals surface area contributed by atoms with E-state index in [0.29, 0.717) is 0 Å². The van der Waals surface area contributed by atoms with E-state index in [9.17, 15) is 4.79 Å². The quantitative estimate of drug-likeness (QED) is 0.315. The first-order valence-corrected chi connectivity index (χ1v) is 3.10. The maximum absolute atomic E-state index is 9.56. The molecule has 0 aliphatic rings. The molecule has 0 spiro atoms. The van der Waals surface area contributed by atoms with Crippen molar-refractivity contribution in [3.8, 4) is 0 Å². The molecule has 1 N–H and O–H groups in total. The third-order valence-corrected chi connectivity index (χ3v) is 1.02. The molecule has 1 atom stereocenters. The van der Waals surface area contributed by atoms with Crippen molar-refractivity contribution in [2.24, 2.45) is 0 Å². The van der Waals surface area contributed by atoms with Crippen LogP contribution in [0.15, 0.2) is 0 Å². The molecule has 1 unspecified atom stereocenters. The lowest BCUT2D eigenvalue weighted by atomic mass is 10.5. The van der Waals surface area contributed by atoms with Crippen molar-refractivity contribution in [1.29, 1.82) is 0 Å². The normalized spacial score (nSPS) is 8.14. The van der Waals surface area contributed by atoms with Gasteiger partial charge in [-0.25, -0.2) is 0 Å². The van der Waals surface area contributed by atoms with E-state index in [1.807, 2.05) is 0 Å². The summed E-state index contributed by atoms with van der Waals surface area (Å²) in [6.45, 7) is 0.799. The largest absolute Gasteiger partial charge is 0.359 e. The average Bonchev–Trinajstić information content (AvgIpc) is 1.69. The lowest BCUT2D eigenvalue weighted by Crippen LogP contribution is -2.11. The Morgan fingerprint density at radius 3 is 2.86 bits per heavy atom. The first-order chi connectivity index (χ1) is 3.41. The maximum atomic E-state index is 9.56. The van der Waals surface area contributed by atoms with Crippen molar-refractivity contribution in [2.75, 3.05) is 12.7 Å². The molecule has 7 heavy (non-hydrogen) atoms. The van der Waals surface area contributed by atoms with Crippen molar-refractivity contribution in [2.45, 2.75) is 6.42 Å². The summed E-state index contributed by atoms with van der Waals surface area (Å²) in [7, 11) is 2.59. The molecular weight excluding hydrogens is 109 g/mol. The minimum Gasteiger partial charge on any atom is -0.359 e. The van der Waals surface area contributed by atoms with Crippen LogP contribution in [0.3, 0.4) is 0 Å². The number of hydrogen-bond donors (Lipinski definition) is 1. The Morgan fingerprint density at radius 1 is 1.71 bits per heavy atom. The van der Waals surface area contributed by atoms with Gasteiger partial charge in [0.15, 0.2) is 0 Å². The molecular formula is C4H10NOP. The monoisotopic (exact) mass is 119 g/mol. The third kappa shape index (κ3) is 5.90. The zero-order chi connectivity index (χ0) is 5.54. The SMILES string of the molecule is O=CNCCCP. The minimum atomic E-state index is 0.723. The highest BCUT2D eigenvalue weighted by atomic mass is 31.0. The van der Waals surface area contributed by atoms with Gasteiger partial charge in [0.1, 0.15) is 0 Å². The Kier molecular flexibility index (Phi) is 5.82. The van der Waals surface area contributed by atoms with Gasteiger partial charge in [0, 0.05) is 6.54 Å². The van der Waals surface area contributed by atoms with Crippen LogP contribution in [-0.2, 0) is 4.79 Å². The first-order valence-electron chi connectivity index (χ1n) is 2.29. The molecule has 0 aliphatic carbocycles. The molecule has 1 amide bonds. The Morgan fingerprint density at radius 2 is 2.43 bits per heavy atom. The van der Waals surface area contributed by atoms with Gasteiger partial charge in [-0.05, 0) is 12.6 Å². The Bertz CT molecular complexity index is 49.0. The number of hydrogen-bond acceptors (Lipinski definition) is 1. The molecule has 0 saturated heterocycles. The molecule has 0 saturated carbocycles. The van der Waals surface area contributed by atoms with Crippen LogP contribution in [0.5, 0.6) is 0 Å². The summed E-state index contributed by atoms with van der Waals surface area (Å²) in [6.07, 6.45) is 2.82. The van der Waals surface area contributed by atoms with E-state index in [-0.39, 0.29) is 0 Å². The van der Waals surface area contributed by atoms with Gasteiger partial charge in [0.25, 0.3) is 0 Å². The summed E-state index contributed by atoms with van der Waals surface area (Å²) in [5, 5.41) is 2.56. The van der Waals surface area contributed by atoms with E-state index in [0.717, 1.165) is 25.5 Å². The van der Waals surface area contributed by atoms with E-state index < -0.39 is 0 Å². The van der Waals surface area contributed by atoms with Gasteiger partial charge in [0.2, 0.25) is 6.41 Å². The molecule has 0 radical (unpaired) electrons. The summed E-state index contributed by atoms with van der Waals surface area (Å²) in [4.78, 5) is 9.56. The molecule has 0 aromatic heterocycles. The molecule has 0 bridgehead atoms. The second kappa shape index (κ2) is 5.90. The standard InChI is InChI=1S/C4H10NOP/c6-4-5-2-1-3-7/h4H,1-3,7H2,(H,5,6). The summed E-state index contributed by atoms with van der Waals surface area (Å²) in [5.41, 5.74) is 0. The van der Waals surface area contributed by atoms with Crippen LogP contribution in [0.2, 0.25) is 0 Å².